The SMILES string of the molecule is C#CCOC[C@@H](C[C@@H](COCOCC)NC(=O)c1ccc([N+](=O)[O-])cc1)C(=O)NO. The Hall–Kier alpha value is -3.04. The van der Waals surface area contributed by atoms with Crippen LogP contribution in [-0.4, -0.2) is 61.2 Å². The third-order valence-corrected chi connectivity index (χ3v) is 3.92. The van der Waals surface area contributed by atoms with Gasteiger partial charge in [0, 0.05) is 24.3 Å². The summed E-state index contributed by atoms with van der Waals surface area (Å²) in [6.45, 7) is 2.15. The second kappa shape index (κ2) is 14.0. The van der Waals surface area contributed by atoms with Crippen molar-refractivity contribution in [2.45, 2.75) is 19.4 Å². The summed E-state index contributed by atoms with van der Waals surface area (Å²) in [7, 11) is 0. The van der Waals surface area contributed by atoms with E-state index in [1.807, 2.05) is 0 Å². The first-order chi connectivity index (χ1) is 14.4. The molecule has 11 heteroatoms. The molecule has 0 heterocycles. The fourth-order valence-corrected chi connectivity index (χ4v) is 2.45. The molecule has 0 radical (unpaired) electrons. The van der Waals surface area contributed by atoms with Gasteiger partial charge in [0.1, 0.15) is 13.4 Å². The van der Waals surface area contributed by atoms with E-state index >= 15 is 0 Å². The lowest BCUT2D eigenvalue weighted by Crippen LogP contribution is -2.43. The van der Waals surface area contributed by atoms with Crippen LogP contribution >= 0.6 is 0 Å². The van der Waals surface area contributed by atoms with Crippen molar-refractivity contribution in [1.82, 2.24) is 10.8 Å². The normalized spacial score (nSPS) is 12.4. The van der Waals surface area contributed by atoms with Crippen LogP contribution in [0.2, 0.25) is 0 Å². The van der Waals surface area contributed by atoms with E-state index in [9.17, 15) is 19.7 Å². The maximum Gasteiger partial charge on any atom is 0.269 e. The minimum absolute atomic E-state index is 0.00907. The predicted octanol–water partition coefficient (Wildman–Crippen LogP) is 0.865. The quantitative estimate of drug-likeness (QED) is 0.0996. The summed E-state index contributed by atoms with van der Waals surface area (Å²) in [5.41, 5.74) is 1.61. The summed E-state index contributed by atoms with van der Waals surface area (Å²) in [4.78, 5) is 34.6. The molecule has 0 aromatic heterocycles. The number of benzene rings is 1. The lowest BCUT2D eigenvalue weighted by atomic mass is 9.99. The van der Waals surface area contributed by atoms with Crippen LogP contribution < -0.4 is 10.8 Å². The number of nitrogens with one attached hydrogen (secondary N) is 2. The number of nitro groups is 1. The fourth-order valence-electron chi connectivity index (χ4n) is 2.45. The Labute approximate surface area is 173 Å². The van der Waals surface area contributed by atoms with Gasteiger partial charge in [0.15, 0.2) is 0 Å². The third-order valence-electron chi connectivity index (χ3n) is 3.92. The smallest absolute Gasteiger partial charge is 0.269 e. The zero-order valence-electron chi connectivity index (χ0n) is 16.5. The van der Waals surface area contributed by atoms with Crippen LogP contribution in [0.25, 0.3) is 0 Å². The molecule has 0 fully saturated rings. The molecule has 0 saturated carbocycles. The number of carbonyl (C=O) groups is 2. The molecule has 0 spiro atoms. The number of amides is 2. The highest BCUT2D eigenvalue weighted by atomic mass is 16.7. The van der Waals surface area contributed by atoms with E-state index in [0.29, 0.717) is 6.61 Å². The van der Waals surface area contributed by atoms with E-state index in [1.165, 1.54) is 24.3 Å². The van der Waals surface area contributed by atoms with Gasteiger partial charge < -0.3 is 19.5 Å². The molecule has 0 bridgehead atoms. The van der Waals surface area contributed by atoms with Crippen molar-refractivity contribution in [2.75, 3.05) is 33.2 Å². The van der Waals surface area contributed by atoms with Crippen LogP contribution in [-0.2, 0) is 19.0 Å². The summed E-state index contributed by atoms with van der Waals surface area (Å²) in [6, 6.07) is 4.42. The molecule has 1 rings (SSSR count). The standard InChI is InChI=1S/C19H25N3O8/c1-3-9-29-11-15(19(24)21-25)10-16(12-30-13-28-4-2)20-18(23)14-5-7-17(8-6-14)22(26)27/h1,5-8,15-16,25H,4,9-13H2,2H3,(H,20,23)(H,21,24)/t15-,16+/m1/s1. The first-order valence-corrected chi connectivity index (χ1v) is 9.08. The maximum absolute atomic E-state index is 12.5. The fraction of sp³-hybridized carbons (Fsp3) is 0.474. The Morgan fingerprint density at radius 3 is 2.50 bits per heavy atom. The molecule has 2 amide bonds. The maximum atomic E-state index is 12.5. The number of nitrogens with zero attached hydrogens (tertiary/aromatic N) is 1. The van der Waals surface area contributed by atoms with Crippen molar-refractivity contribution in [3.05, 3.63) is 39.9 Å². The van der Waals surface area contributed by atoms with Crippen molar-refractivity contribution in [1.29, 1.82) is 0 Å². The number of carbonyl (C=O) groups excluding carboxylic acids is 2. The van der Waals surface area contributed by atoms with Crippen LogP contribution in [0, 0.1) is 28.4 Å². The number of rotatable bonds is 14. The minimum Gasteiger partial charge on any atom is -0.368 e. The second-order valence-electron chi connectivity index (χ2n) is 6.08. The first kappa shape index (κ1) is 25.0. The zero-order valence-corrected chi connectivity index (χ0v) is 16.5. The molecule has 0 unspecified atom stereocenters. The van der Waals surface area contributed by atoms with Crippen LogP contribution in [0.1, 0.15) is 23.7 Å². The number of nitro benzene ring substituents is 1. The molecule has 0 saturated heterocycles. The molecule has 164 valence electrons. The van der Waals surface area contributed by atoms with E-state index in [4.69, 9.17) is 25.8 Å². The summed E-state index contributed by atoms with van der Waals surface area (Å²) in [5.74, 6) is 0.240. The van der Waals surface area contributed by atoms with Gasteiger partial charge in [0.25, 0.3) is 11.6 Å². The largest absolute Gasteiger partial charge is 0.368 e. The summed E-state index contributed by atoms with van der Waals surface area (Å²) >= 11 is 0. The van der Waals surface area contributed by atoms with E-state index in [-0.39, 0.29) is 44.3 Å². The highest BCUT2D eigenvalue weighted by Gasteiger charge is 2.25. The summed E-state index contributed by atoms with van der Waals surface area (Å²) < 4.78 is 15.7. The number of hydrogen-bond donors (Lipinski definition) is 3. The lowest BCUT2D eigenvalue weighted by Gasteiger charge is -2.23. The number of non-ortho nitro benzene ring substituents is 1. The molecular formula is C19H25N3O8. The molecule has 11 nitrogen and oxygen atoms in total. The number of ether oxygens (including phenoxy) is 3. The zero-order chi connectivity index (χ0) is 22.4. The average Bonchev–Trinajstić information content (AvgIpc) is 2.75. The first-order valence-electron chi connectivity index (χ1n) is 9.08. The highest BCUT2D eigenvalue weighted by Crippen LogP contribution is 2.14. The molecule has 2 atom stereocenters. The molecule has 1 aromatic rings. The average molecular weight is 423 g/mol. The van der Waals surface area contributed by atoms with Crippen molar-refractivity contribution < 1.29 is 33.9 Å². The van der Waals surface area contributed by atoms with Crippen molar-refractivity contribution >= 4 is 17.5 Å². The van der Waals surface area contributed by atoms with Gasteiger partial charge in [-0.05, 0) is 25.5 Å². The number of terminal acetylenes is 1. The lowest BCUT2D eigenvalue weighted by molar-refractivity contribution is -0.384. The number of hydroxylamine groups is 1. The Kier molecular flexibility index (Phi) is 11.7. The van der Waals surface area contributed by atoms with Crippen molar-refractivity contribution in [3.8, 4) is 12.3 Å². The van der Waals surface area contributed by atoms with Gasteiger partial charge in [-0.2, -0.15) is 0 Å². The van der Waals surface area contributed by atoms with Crippen LogP contribution in [0.15, 0.2) is 24.3 Å². The molecule has 0 aliphatic heterocycles. The Morgan fingerprint density at radius 2 is 1.93 bits per heavy atom. The molecule has 0 aliphatic carbocycles. The van der Waals surface area contributed by atoms with Gasteiger partial charge in [0.2, 0.25) is 5.91 Å². The van der Waals surface area contributed by atoms with Crippen LogP contribution in [0.3, 0.4) is 0 Å². The van der Waals surface area contributed by atoms with Gasteiger partial charge in [-0.25, -0.2) is 5.48 Å². The monoisotopic (exact) mass is 423 g/mol. The van der Waals surface area contributed by atoms with Crippen molar-refractivity contribution in [2.24, 2.45) is 5.92 Å². The summed E-state index contributed by atoms with van der Waals surface area (Å²) in [6.07, 6.45) is 5.19. The van der Waals surface area contributed by atoms with Gasteiger partial charge in [-0.3, -0.25) is 24.9 Å². The molecule has 1 aromatic carbocycles. The second-order valence-corrected chi connectivity index (χ2v) is 6.08. The van der Waals surface area contributed by atoms with E-state index in [0.717, 1.165) is 0 Å². The van der Waals surface area contributed by atoms with Gasteiger partial charge in [0.05, 0.1) is 30.1 Å². The van der Waals surface area contributed by atoms with Crippen LogP contribution in [0.5, 0.6) is 0 Å². The third kappa shape index (κ3) is 8.97. The van der Waals surface area contributed by atoms with E-state index in [1.54, 1.807) is 12.4 Å². The Morgan fingerprint density at radius 1 is 1.23 bits per heavy atom. The highest BCUT2D eigenvalue weighted by molar-refractivity contribution is 5.94. The van der Waals surface area contributed by atoms with E-state index in [2.05, 4.69) is 11.2 Å². The summed E-state index contributed by atoms with van der Waals surface area (Å²) in [5, 5.41) is 22.4. The Bertz CT molecular complexity index is 732. The van der Waals surface area contributed by atoms with Crippen LogP contribution in [0.4, 0.5) is 5.69 Å². The topological polar surface area (TPSA) is 149 Å². The minimum atomic E-state index is -0.818. The van der Waals surface area contributed by atoms with Gasteiger partial charge in [-0.1, -0.05) is 5.92 Å². The molecule has 0 aliphatic rings. The molecule has 30 heavy (non-hydrogen) atoms. The van der Waals surface area contributed by atoms with Gasteiger partial charge >= 0.3 is 0 Å². The predicted molar refractivity (Wildman–Crippen MR) is 104 cm³/mol. The van der Waals surface area contributed by atoms with Gasteiger partial charge in [-0.15, -0.1) is 6.42 Å². The van der Waals surface area contributed by atoms with Crippen molar-refractivity contribution in [3.63, 3.8) is 0 Å². The Balaban J connectivity index is 2.85. The molecule has 3 N–H and O–H groups in total. The number of hydrogen-bond acceptors (Lipinski definition) is 8. The van der Waals surface area contributed by atoms with E-state index < -0.39 is 28.7 Å². The molecular weight excluding hydrogens is 398 g/mol.